The number of thiocyanates is 1. The predicted molar refractivity (Wildman–Crippen MR) is 63.8 cm³/mol. The number of carbonyl (C=O) groups is 1. The largest absolute Gasteiger partial charge is 0.465 e. The average molecular weight is 235 g/mol. The number of benzene rings is 1. The van der Waals surface area contributed by atoms with E-state index in [9.17, 15) is 4.79 Å². The van der Waals surface area contributed by atoms with Crippen LogP contribution in [0.5, 0.6) is 0 Å². The van der Waals surface area contributed by atoms with Gasteiger partial charge in [-0.25, -0.2) is 0 Å². The van der Waals surface area contributed by atoms with Crippen LogP contribution in [0.3, 0.4) is 0 Å². The van der Waals surface area contributed by atoms with Crippen molar-refractivity contribution in [3.8, 4) is 5.40 Å². The summed E-state index contributed by atoms with van der Waals surface area (Å²) in [6.45, 7) is 2.10. The summed E-state index contributed by atoms with van der Waals surface area (Å²) in [5, 5.41) is 10.1. The maximum absolute atomic E-state index is 11.5. The lowest BCUT2D eigenvalue weighted by atomic mass is 10.1. The van der Waals surface area contributed by atoms with E-state index >= 15 is 0 Å². The van der Waals surface area contributed by atoms with Gasteiger partial charge in [-0.2, -0.15) is 5.26 Å². The van der Waals surface area contributed by atoms with Crippen molar-refractivity contribution in [1.82, 2.24) is 0 Å². The molecule has 84 valence electrons. The Morgan fingerprint density at radius 1 is 1.50 bits per heavy atom. The molecule has 0 amide bonds. The second-order valence-electron chi connectivity index (χ2n) is 3.14. The summed E-state index contributed by atoms with van der Waals surface area (Å²) < 4.78 is 4.92. The minimum atomic E-state index is -0.438. The van der Waals surface area contributed by atoms with E-state index in [-0.39, 0.29) is 5.97 Å². The molecule has 0 heterocycles. The van der Waals surface area contributed by atoms with Crippen molar-refractivity contribution in [1.29, 1.82) is 5.26 Å². The van der Waals surface area contributed by atoms with Gasteiger partial charge in [0.1, 0.15) is 10.7 Å². The summed E-state index contributed by atoms with van der Waals surface area (Å²) in [6.07, 6.45) is 0.526. The number of nitriles is 1. The van der Waals surface area contributed by atoms with Gasteiger partial charge in [-0.15, -0.1) is 0 Å². The smallest absolute Gasteiger partial charge is 0.320 e. The Morgan fingerprint density at radius 2 is 2.19 bits per heavy atom. The Balaban J connectivity index is 2.65. The third-order valence-corrected chi connectivity index (χ3v) is 2.76. The fourth-order valence-electron chi connectivity index (χ4n) is 1.30. The van der Waals surface area contributed by atoms with Crippen LogP contribution in [0.25, 0.3) is 0 Å². The van der Waals surface area contributed by atoms with Crippen LogP contribution in [0.2, 0.25) is 0 Å². The molecule has 3 nitrogen and oxygen atoms in total. The van der Waals surface area contributed by atoms with E-state index in [1.54, 1.807) is 6.92 Å². The van der Waals surface area contributed by atoms with Crippen molar-refractivity contribution in [3.05, 3.63) is 35.9 Å². The predicted octanol–water partition coefficient (Wildman–Crippen LogP) is 2.38. The molecule has 0 aliphatic heterocycles. The van der Waals surface area contributed by atoms with E-state index in [0.29, 0.717) is 13.0 Å². The molecule has 0 spiro atoms. The van der Waals surface area contributed by atoms with E-state index < -0.39 is 5.25 Å². The number of esters is 1. The first kappa shape index (κ1) is 12.6. The van der Waals surface area contributed by atoms with Crippen molar-refractivity contribution >= 4 is 17.7 Å². The summed E-state index contributed by atoms with van der Waals surface area (Å²) in [7, 11) is 0. The van der Waals surface area contributed by atoms with Gasteiger partial charge in [0.15, 0.2) is 0 Å². The second-order valence-corrected chi connectivity index (χ2v) is 4.13. The third-order valence-electron chi connectivity index (χ3n) is 2.01. The van der Waals surface area contributed by atoms with Gasteiger partial charge in [0, 0.05) is 0 Å². The quantitative estimate of drug-likeness (QED) is 0.580. The molecule has 0 radical (unpaired) electrons. The minimum absolute atomic E-state index is 0.321. The van der Waals surface area contributed by atoms with Crippen molar-refractivity contribution in [3.63, 3.8) is 0 Å². The third kappa shape index (κ3) is 3.95. The number of hydrogen-bond donors (Lipinski definition) is 0. The SMILES string of the molecule is CCOC(=O)[C@H](Cc1ccccc1)SC#N. The van der Waals surface area contributed by atoms with E-state index in [4.69, 9.17) is 10.00 Å². The zero-order valence-corrected chi connectivity index (χ0v) is 9.87. The first-order chi connectivity index (χ1) is 7.77. The summed E-state index contributed by atoms with van der Waals surface area (Å²) in [5.74, 6) is -0.321. The van der Waals surface area contributed by atoms with Gasteiger partial charge in [0.05, 0.1) is 6.61 Å². The van der Waals surface area contributed by atoms with Crippen LogP contribution in [-0.2, 0) is 16.0 Å². The fourth-order valence-corrected chi connectivity index (χ4v) is 1.87. The van der Waals surface area contributed by atoms with Gasteiger partial charge in [-0.1, -0.05) is 30.3 Å². The normalized spacial score (nSPS) is 11.5. The second kappa shape index (κ2) is 6.91. The molecule has 1 aromatic carbocycles. The maximum atomic E-state index is 11.5. The summed E-state index contributed by atoms with van der Waals surface area (Å²) in [5.41, 5.74) is 1.03. The van der Waals surface area contributed by atoms with Crippen molar-refractivity contribution in [2.45, 2.75) is 18.6 Å². The van der Waals surface area contributed by atoms with E-state index in [1.807, 2.05) is 35.7 Å². The molecule has 0 unspecified atom stereocenters. The monoisotopic (exact) mass is 235 g/mol. The van der Waals surface area contributed by atoms with Gasteiger partial charge in [0.25, 0.3) is 0 Å². The molecule has 0 fully saturated rings. The fraction of sp³-hybridized carbons (Fsp3) is 0.333. The topological polar surface area (TPSA) is 50.1 Å². The van der Waals surface area contributed by atoms with Gasteiger partial charge in [-0.05, 0) is 30.7 Å². The van der Waals surface area contributed by atoms with Crippen LogP contribution >= 0.6 is 11.8 Å². The number of thioether (sulfide) groups is 1. The molecule has 1 atom stereocenters. The summed E-state index contributed by atoms with van der Waals surface area (Å²) in [6, 6.07) is 9.61. The van der Waals surface area contributed by atoms with Gasteiger partial charge >= 0.3 is 5.97 Å². The molecule has 0 bridgehead atoms. The van der Waals surface area contributed by atoms with Crippen LogP contribution in [-0.4, -0.2) is 17.8 Å². The first-order valence-electron chi connectivity index (χ1n) is 5.03. The summed E-state index contributed by atoms with van der Waals surface area (Å²) >= 11 is 0.950. The van der Waals surface area contributed by atoms with Crippen LogP contribution in [0.4, 0.5) is 0 Å². The van der Waals surface area contributed by atoms with Gasteiger partial charge in [0.2, 0.25) is 0 Å². The molecule has 0 aliphatic carbocycles. The van der Waals surface area contributed by atoms with Gasteiger partial charge in [-0.3, -0.25) is 4.79 Å². The summed E-state index contributed by atoms with van der Waals surface area (Å²) in [4.78, 5) is 11.5. The Hall–Kier alpha value is -1.47. The Kier molecular flexibility index (Phi) is 5.44. The number of ether oxygens (including phenoxy) is 1. The molecule has 16 heavy (non-hydrogen) atoms. The molecule has 0 saturated heterocycles. The van der Waals surface area contributed by atoms with Crippen molar-refractivity contribution in [2.24, 2.45) is 0 Å². The zero-order valence-electron chi connectivity index (χ0n) is 9.05. The van der Waals surface area contributed by atoms with E-state index in [0.717, 1.165) is 17.3 Å². The Morgan fingerprint density at radius 3 is 2.75 bits per heavy atom. The molecular formula is C12H13NO2S. The van der Waals surface area contributed by atoms with Crippen molar-refractivity contribution < 1.29 is 9.53 Å². The lowest BCUT2D eigenvalue weighted by molar-refractivity contribution is -0.142. The highest BCUT2D eigenvalue weighted by Crippen LogP contribution is 2.16. The van der Waals surface area contributed by atoms with Crippen LogP contribution in [0.15, 0.2) is 30.3 Å². The number of nitrogens with zero attached hydrogens (tertiary/aromatic N) is 1. The lowest BCUT2D eigenvalue weighted by Gasteiger charge is -2.11. The first-order valence-corrected chi connectivity index (χ1v) is 5.91. The van der Waals surface area contributed by atoms with Crippen LogP contribution < -0.4 is 0 Å². The Labute approximate surface area is 99.4 Å². The Bertz CT molecular complexity index is 372. The highest BCUT2D eigenvalue weighted by Gasteiger charge is 2.20. The number of rotatable bonds is 5. The molecule has 0 saturated carbocycles. The van der Waals surface area contributed by atoms with Crippen LogP contribution in [0.1, 0.15) is 12.5 Å². The van der Waals surface area contributed by atoms with Crippen LogP contribution in [0, 0.1) is 10.7 Å². The molecule has 1 aromatic rings. The molecule has 4 heteroatoms. The van der Waals surface area contributed by atoms with E-state index in [2.05, 4.69) is 0 Å². The zero-order chi connectivity index (χ0) is 11.8. The highest BCUT2D eigenvalue weighted by molar-refractivity contribution is 8.04. The standard InChI is InChI=1S/C12H13NO2S/c1-2-15-12(14)11(16-9-13)8-10-6-4-3-5-7-10/h3-7,11H,2,8H2,1H3/t11-/m0/s1. The average Bonchev–Trinajstić information content (AvgIpc) is 2.30. The highest BCUT2D eigenvalue weighted by atomic mass is 32.2. The van der Waals surface area contributed by atoms with Crippen molar-refractivity contribution in [2.75, 3.05) is 6.61 Å². The van der Waals surface area contributed by atoms with E-state index in [1.165, 1.54) is 0 Å². The number of carbonyl (C=O) groups excluding carboxylic acids is 1. The molecule has 0 aliphatic rings. The molecule has 0 N–H and O–H groups in total. The lowest BCUT2D eigenvalue weighted by Crippen LogP contribution is -2.22. The molecule has 1 rings (SSSR count). The number of hydrogen-bond acceptors (Lipinski definition) is 4. The molecule has 0 aromatic heterocycles. The molecular weight excluding hydrogens is 222 g/mol. The maximum Gasteiger partial charge on any atom is 0.320 e. The minimum Gasteiger partial charge on any atom is -0.465 e. The van der Waals surface area contributed by atoms with Gasteiger partial charge < -0.3 is 4.74 Å².